The number of halogens is 4. The van der Waals surface area contributed by atoms with E-state index in [1.807, 2.05) is 0 Å². The summed E-state index contributed by atoms with van der Waals surface area (Å²) < 4.78 is 52.4. The fourth-order valence-electron chi connectivity index (χ4n) is 3.75. The molecule has 0 amide bonds. The molecule has 1 aromatic carbocycles. The van der Waals surface area contributed by atoms with Gasteiger partial charge in [0.1, 0.15) is 17.0 Å². The van der Waals surface area contributed by atoms with E-state index in [0.717, 1.165) is 16.2 Å². The Morgan fingerprint density at radius 2 is 1.90 bits per heavy atom. The number of aliphatic hydroxyl groups is 1. The van der Waals surface area contributed by atoms with Gasteiger partial charge in [0, 0.05) is 16.3 Å². The number of benzene rings is 1. The van der Waals surface area contributed by atoms with E-state index < -0.39 is 22.2 Å². The first-order chi connectivity index (χ1) is 14.7. The SMILES string of the molecule is O=c1nc(N[C@H]2C[C@@](CO)(c3ccc(F)cc3)C2)ncn1Cc1ccc(C(F)(F)F)s1. The maximum Gasteiger partial charge on any atom is 0.425 e. The molecule has 4 rings (SSSR count). The number of anilines is 1. The lowest BCUT2D eigenvalue weighted by Gasteiger charge is -2.47. The number of nitrogens with zero attached hydrogens (tertiary/aromatic N) is 3. The molecule has 2 heterocycles. The molecule has 1 saturated carbocycles. The Labute approximate surface area is 178 Å². The van der Waals surface area contributed by atoms with Gasteiger partial charge in [-0.2, -0.15) is 18.2 Å². The van der Waals surface area contributed by atoms with Crippen LogP contribution in [0.2, 0.25) is 0 Å². The molecule has 31 heavy (non-hydrogen) atoms. The second kappa shape index (κ2) is 8.04. The largest absolute Gasteiger partial charge is 0.425 e. The van der Waals surface area contributed by atoms with Crippen molar-refractivity contribution in [1.82, 2.24) is 14.5 Å². The Morgan fingerprint density at radius 1 is 1.19 bits per heavy atom. The molecule has 0 unspecified atom stereocenters. The summed E-state index contributed by atoms with van der Waals surface area (Å²) in [6.45, 7) is -0.151. The molecule has 2 N–H and O–H groups in total. The van der Waals surface area contributed by atoms with Gasteiger partial charge in [-0.3, -0.25) is 4.57 Å². The number of hydrogen-bond donors (Lipinski definition) is 2. The van der Waals surface area contributed by atoms with Crippen molar-refractivity contribution in [2.24, 2.45) is 0 Å². The van der Waals surface area contributed by atoms with Gasteiger partial charge >= 0.3 is 11.9 Å². The lowest BCUT2D eigenvalue weighted by atomic mass is 9.62. The zero-order valence-electron chi connectivity index (χ0n) is 16.1. The van der Waals surface area contributed by atoms with Gasteiger partial charge in [0.15, 0.2) is 0 Å². The third kappa shape index (κ3) is 4.47. The quantitative estimate of drug-likeness (QED) is 0.558. The van der Waals surface area contributed by atoms with Gasteiger partial charge in [0.2, 0.25) is 5.95 Å². The van der Waals surface area contributed by atoms with Crippen LogP contribution in [-0.2, 0) is 18.1 Å². The maximum atomic E-state index is 13.2. The Morgan fingerprint density at radius 3 is 2.48 bits per heavy atom. The second-order valence-corrected chi connectivity index (χ2v) is 8.72. The lowest BCUT2D eigenvalue weighted by molar-refractivity contribution is -0.134. The van der Waals surface area contributed by atoms with Crippen molar-refractivity contribution in [3.05, 3.63) is 74.3 Å². The van der Waals surface area contributed by atoms with Crippen molar-refractivity contribution in [3.8, 4) is 0 Å². The molecule has 0 aliphatic heterocycles. The minimum absolute atomic E-state index is 0.0541. The molecule has 11 heteroatoms. The van der Waals surface area contributed by atoms with Crippen molar-refractivity contribution < 1.29 is 22.7 Å². The molecule has 0 spiro atoms. The first-order valence-corrected chi connectivity index (χ1v) is 10.2. The third-order valence-corrected chi connectivity index (χ3v) is 6.52. The summed E-state index contributed by atoms with van der Waals surface area (Å²) >= 11 is 0.569. The molecular formula is C20H18F4N4O2S. The summed E-state index contributed by atoms with van der Waals surface area (Å²) in [7, 11) is 0. The molecule has 164 valence electrons. The van der Waals surface area contributed by atoms with E-state index in [-0.39, 0.29) is 31.0 Å². The molecule has 0 atom stereocenters. The standard InChI is InChI=1S/C20H18F4N4O2S/c21-13-3-1-12(2-4-13)19(10-29)7-14(8-19)26-17-25-11-28(18(30)27-17)9-15-5-6-16(31-15)20(22,23)24/h1-6,11,14,29H,7-10H2,(H,26,27,30)/t14-,19+. The van der Waals surface area contributed by atoms with E-state index in [1.165, 1.54) is 24.5 Å². The van der Waals surface area contributed by atoms with Gasteiger partial charge < -0.3 is 10.4 Å². The zero-order valence-corrected chi connectivity index (χ0v) is 16.9. The van der Waals surface area contributed by atoms with E-state index in [9.17, 15) is 27.5 Å². The summed E-state index contributed by atoms with van der Waals surface area (Å²) in [5, 5.41) is 12.9. The summed E-state index contributed by atoms with van der Waals surface area (Å²) in [5.74, 6) is -0.240. The fraction of sp³-hybridized carbons (Fsp3) is 0.350. The van der Waals surface area contributed by atoms with Gasteiger partial charge in [0.05, 0.1) is 13.2 Å². The van der Waals surface area contributed by atoms with E-state index in [0.29, 0.717) is 29.1 Å². The van der Waals surface area contributed by atoms with Crippen LogP contribution in [0.1, 0.15) is 28.2 Å². The number of aromatic nitrogens is 3. The van der Waals surface area contributed by atoms with Gasteiger partial charge in [-0.25, -0.2) is 14.2 Å². The number of hydrogen-bond acceptors (Lipinski definition) is 6. The van der Waals surface area contributed by atoms with Crippen molar-refractivity contribution in [2.75, 3.05) is 11.9 Å². The van der Waals surface area contributed by atoms with E-state index in [1.54, 1.807) is 12.1 Å². The van der Waals surface area contributed by atoms with Crippen LogP contribution < -0.4 is 11.0 Å². The minimum Gasteiger partial charge on any atom is -0.395 e. The highest BCUT2D eigenvalue weighted by Gasteiger charge is 2.45. The number of aliphatic hydroxyl groups excluding tert-OH is 1. The van der Waals surface area contributed by atoms with Crippen LogP contribution in [0.15, 0.2) is 47.5 Å². The molecule has 6 nitrogen and oxygen atoms in total. The number of alkyl halides is 3. The van der Waals surface area contributed by atoms with Crippen molar-refractivity contribution >= 4 is 17.3 Å². The van der Waals surface area contributed by atoms with Crippen molar-refractivity contribution in [1.29, 1.82) is 0 Å². The predicted molar refractivity (Wildman–Crippen MR) is 107 cm³/mol. The fourth-order valence-corrected chi connectivity index (χ4v) is 4.62. The Hall–Kier alpha value is -2.79. The molecule has 1 aliphatic rings. The molecular weight excluding hydrogens is 436 g/mol. The zero-order chi connectivity index (χ0) is 22.2. The monoisotopic (exact) mass is 454 g/mol. The van der Waals surface area contributed by atoms with E-state index >= 15 is 0 Å². The van der Waals surface area contributed by atoms with Crippen LogP contribution in [0.25, 0.3) is 0 Å². The number of nitrogens with one attached hydrogen (secondary N) is 1. The Bertz CT molecular complexity index is 1120. The van der Waals surface area contributed by atoms with Crippen LogP contribution in [0, 0.1) is 5.82 Å². The van der Waals surface area contributed by atoms with Crippen LogP contribution in [0.3, 0.4) is 0 Å². The summed E-state index contributed by atoms with van der Waals surface area (Å²) in [5.41, 5.74) is -0.291. The topological polar surface area (TPSA) is 80.0 Å². The average Bonchev–Trinajstić information content (AvgIpc) is 3.16. The van der Waals surface area contributed by atoms with E-state index in [2.05, 4.69) is 15.3 Å². The highest BCUT2D eigenvalue weighted by Crippen LogP contribution is 2.44. The number of rotatable bonds is 6. The molecule has 3 aromatic rings. The van der Waals surface area contributed by atoms with Gasteiger partial charge in [-0.15, -0.1) is 11.3 Å². The van der Waals surface area contributed by atoms with Crippen LogP contribution in [-0.4, -0.2) is 32.3 Å². The molecule has 0 bridgehead atoms. The first kappa shape index (κ1) is 21.4. The lowest BCUT2D eigenvalue weighted by Crippen LogP contribution is -2.51. The van der Waals surface area contributed by atoms with E-state index in [4.69, 9.17) is 0 Å². The highest BCUT2D eigenvalue weighted by molar-refractivity contribution is 7.12. The average molecular weight is 454 g/mol. The smallest absolute Gasteiger partial charge is 0.395 e. The summed E-state index contributed by atoms with van der Waals surface area (Å²) in [6.07, 6.45) is -2.07. The molecule has 0 saturated heterocycles. The third-order valence-electron chi connectivity index (χ3n) is 5.40. The maximum absolute atomic E-state index is 13.2. The molecule has 2 aromatic heterocycles. The molecule has 1 fully saturated rings. The van der Waals surface area contributed by atoms with Crippen molar-refractivity contribution in [2.45, 2.75) is 37.0 Å². The molecule has 0 radical (unpaired) electrons. The van der Waals surface area contributed by atoms with Crippen LogP contribution in [0.4, 0.5) is 23.5 Å². The summed E-state index contributed by atoms with van der Waals surface area (Å²) in [6, 6.07) is 8.21. The normalized spacial score (nSPS) is 21.0. The highest BCUT2D eigenvalue weighted by atomic mass is 32.1. The first-order valence-electron chi connectivity index (χ1n) is 9.41. The van der Waals surface area contributed by atoms with Gasteiger partial charge in [-0.1, -0.05) is 12.1 Å². The predicted octanol–water partition coefficient (Wildman–Crippen LogP) is 3.41. The van der Waals surface area contributed by atoms with Crippen LogP contribution in [0.5, 0.6) is 0 Å². The van der Waals surface area contributed by atoms with Gasteiger partial charge in [0.25, 0.3) is 0 Å². The van der Waals surface area contributed by atoms with Crippen molar-refractivity contribution in [3.63, 3.8) is 0 Å². The van der Waals surface area contributed by atoms with Gasteiger partial charge in [-0.05, 0) is 42.7 Å². The second-order valence-electron chi connectivity index (χ2n) is 7.55. The Balaban J connectivity index is 1.40. The summed E-state index contributed by atoms with van der Waals surface area (Å²) in [4.78, 5) is 19.8. The number of thiophene rings is 1. The Kier molecular flexibility index (Phi) is 5.56. The van der Waals surface area contributed by atoms with Crippen LogP contribution >= 0.6 is 11.3 Å². The molecule has 1 aliphatic carbocycles. The minimum atomic E-state index is -4.42.